The molecule has 0 aliphatic heterocycles. The maximum absolute atomic E-state index is 3.58. The molecule has 3 heteroatoms. The monoisotopic (exact) mass is 343 g/mol. The number of nitrogens with one attached hydrogen (secondary N) is 1. The summed E-state index contributed by atoms with van der Waals surface area (Å²) in [5, 5.41) is 3.58. The molecule has 0 heterocycles. The molecule has 1 atom stereocenters. The standard InChI is InChI=1S/C16H26BrNS/c1-3-10-18-13-15(9-11-19-4-2)12-14-5-7-16(17)8-6-14/h5-8,15,18H,3-4,9-13H2,1-2H3. The minimum atomic E-state index is 0.756. The van der Waals surface area contributed by atoms with Crippen LogP contribution in [-0.4, -0.2) is 24.6 Å². The average molecular weight is 344 g/mol. The number of hydrogen-bond acceptors (Lipinski definition) is 2. The topological polar surface area (TPSA) is 12.0 Å². The fourth-order valence-corrected chi connectivity index (χ4v) is 3.16. The van der Waals surface area contributed by atoms with Crippen molar-refractivity contribution < 1.29 is 0 Å². The van der Waals surface area contributed by atoms with E-state index in [0.29, 0.717) is 0 Å². The molecule has 0 fully saturated rings. The van der Waals surface area contributed by atoms with Gasteiger partial charge in [0.2, 0.25) is 0 Å². The molecule has 0 spiro atoms. The molecule has 1 rings (SSSR count). The summed E-state index contributed by atoms with van der Waals surface area (Å²) >= 11 is 5.55. The Morgan fingerprint density at radius 3 is 2.58 bits per heavy atom. The van der Waals surface area contributed by atoms with Crippen LogP contribution in [0.2, 0.25) is 0 Å². The second kappa shape index (κ2) is 10.8. The van der Waals surface area contributed by atoms with E-state index in [1.54, 1.807) is 0 Å². The first-order valence-corrected chi connectivity index (χ1v) is 9.24. The molecule has 1 unspecified atom stereocenters. The summed E-state index contributed by atoms with van der Waals surface area (Å²) in [5.74, 6) is 3.27. The van der Waals surface area contributed by atoms with Crippen molar-refractivity contribution in [2.75, 3.05) is 24.6 Å². The van der Waals surface area contributed by atoms with Crippen LogP contribution in [0.15, 0.2) is 28.7 Å². The molecule has 0 aromatic heterocycles. The molecule has 0 aliphatic rings. The number of thioether (sulfide) groups is 1. The van der Waals surface area contributed by atoms with Crippen molar-refractivity contribution in [2.45, 2.75) is 33.1 Å². The van der Waals surface area contributed by atoms with Crippen molar-refractivity contribution in [3.05, 3.63) is 34.3 Å². The largest absolute Gasteiger partial charge is 0.316 e. The van der Waals surface area contributed by atoms with Gasteiger partial charge in [0.15, 0.2) is 0 Å². The van der Waals surface area contributed by atoms with Gasteiger partial charge in [0, 0.05) is 4.47 Å². The van der Waals surface area contributed by atoms with Gasteiger partial charge in [-0.15, -0.1) is 0 Å². The van der Waals surface area contributed by atoms with E-state index in [1.807, 2.05) is 0 Å². The van der Waals surface area contributed by atoms with E-state index in [1.165, 1.54) is 40.8 Å². The van der Waals surface area contributed by atoms with Crippen molar-refractivity contribution in [2.24, 2.45) is 5.92 Å². The van der Waals surface area contributed by atoms with E-state index in [4.69, 9.17) is 0 Å². The lowest BCUT2D eigenvalue weighted by molar-refractivity contribution is 0.463. The maximum atomic E-state index is 3.58. The summed E-state index contributed by atoms with van der Waals surface area (Å²) in [5.41, 5.74) is 1.45. The van der Waals surface area contributed by atoms with Crippen LogP contribution in [0.5, 0.6) is 0 Å². The van der Waals surface area contributed by atoms with Gasteiger partial charge in [-0.1, -0.05) is 41.9 Å². The van der Waals surface area contributed by atoms with Gasteiger partial charge in [-0.05, 0) is 67.5 Å². The third-order valence-electron chi connectivity index (χ3n) is 3.17. The third kappa shape index (κ3) is 8.01. The Morgan fingerprint density at radius 1 is 1.21 bits per heavy atom. The third-order valence-corrected chi connectivity index (χ3v) is 4.63. The van der Waals surface area contributed by atoms with Crippen molar-refractivity contribution in [1.82, 2.24) is 5.32 Å². The van der Waals surface area contributed by atoms with E-state index in [0.717, 1.165) is 19.0 Å². The zero-order valence-corrected chi connectivity index (χ0v) is 14.5. The van der Waals surface area contributed by atoms with Crippen molar-refractivity contribution in [3.8, 4) is 0 Å². The van der Waals surface area contributed by atoms with Gasteiger partial charge in [0.1, 0.15) is 0 Å². The summed E-state index contributed by atoms with van der Waals surface area (Å²) in [6.45, 7) is 6.75. The predicted octanol–water partition coefficient (Wildman–Crippen LogP) is 4.75. The van der Waals surface area contributed by atoms with E-state index in [2.05, 4.69) is 71.1 Å². The minimum Gasteiger partial charge on any atom is -0.316 e. The predicted molar refractivity (Wildman–Crippen MR) is 92.1 cm³/mol. The molecule has 1 aromatic rings. The molecule has 0 saturated carbocycles. The molecule has 1 aromatic carbocycles. The molecular weight excluding hydrogens is 318 g/mol. The molecule has 0 aliphatic carbocycles. The molecule has 0 amide bonds. The highest BCUT2D eigenvalue weighted by atomic mass is 79.9. The van der Waals surface area contributed by atoms with Crippen LogP contribution < -0.4 is 5.32 Å². The summed E-state index contributed by atoms with van der Waals surface area (Å²) in [6, 6.07) is 8.77. The highest BCUT2D eigenvalue weighted by Gasteiger charge is 2.09. The Hall–Kier alpha value is 0.01000. The zero-order valence-electron chi connectivity index (χ0n) is 12.1. The molecule has 0 bridgehead atoms. The number of hydrogen-bond donors (Lipinski definition) is 1. The summed E-state index contributed by atoms with van der Waals surface area (Å²) in [7, 11) is 0. The SMILES string of the molecule is CCCNCC(CCSCC)Cc1ccc(Br)cc1. The number of benzene rings is 1. The van der Waals surface area contributed by atoms with E-state index in [9.17, 15) is 0 Å². The molecular formula is C16H26BrNS. The van der Waals surface area contributed by atoms with Gasteiger partial charge in [0.05, 0.1) is 0 Å². The first kappa shape index (κ1) is 17.1. The smallest absolute Gasteiger partial charge is 0.0175 e. The van der Waals surface area contributed by atoms with Gasteiger partial charge in [0.25, 0.3) is 0 Å². The van der Waals surface area contributed by atoms with Crippen LogP contribution in [-0.2, 0) is 6.42 Å². The highest BCUT2D eigenvalue weighted by molar-refractivity contribution is 9.10. The van der Waals surface area contributed by atoms with Crippen LogP contribution in [0.4, 0.5) is 0 Å². The second-order valence-electron chi connectivity index (χ2n) is 4.89. The van der Waals surface area contributed by atoms with Gasteiger partial charge in [-0.25, -0.2) is 0 Å². The van der Waals surface area contributed by atoms with Crippen molar-refractivity contribution in [1.29, 1.82) is 0 Å². The number of rotatable bonds is 10. The fourth-order valence-electron chi connectivity index (χ4n) is 2.11. The maximum Gasteiger partial charge on any atom is 0.0175 e. The lowest BCUT2D eigenvalue weighted by Gasteiger charge is -2.17. The van der Waals surface area contributed by atoms with E-state index < -0.39 is 0 Å². The lowest BCUT2D eigenvalue weighted by Crippen LogP contribution is -2.25. The Kier molecular flexibility index (Phi) is 9.66. The molecule has 0 saturated heterocycles. The Labute approximate surface area is 131 Å². The average Bonchev–Trinajstić information content (AvgIpc) is 2.41. The summed E-state index contributed by atoms with van der Waals surface area (Å²) in [6.07, 6.45) is 3.72. The Morgan fingerprint density at radius 2 is 1.95 bits per heavy atom. The van der Waals surface area contributed by atoms with Crippen LogP contribution in [0.3, 0.4) is 0 Å². The quantitative estimate of drug-likeness (QED) is 0.615. The lowest BCUT2D eigenvalue weighted by atomic mass is 9.97. The van der Waals surface area contributed by atoms with Gasteiger partial charge in [-0.3, -0.25) is 0 Å². The van der Waals surface area contributed by atoms with Gasteiger partial charge >= 0.3 is 0 Å². The molecule has 108 valence electrons. The van der Waals surface area contributed by atoms with Crippen molar-refractivity contribution >= 4 is 27.7 Å². The highest BCUT2D eigenvalue weighted by Crippen LogP contribution is 2.17. The first-order chi connectivity index (χ1) is 9.26. The van der Waals surface area contributed by atoms with Gasteiger partial charge in [-0.2, -0.15) is 11.8 Å². The van der Waals surface area contributed by atoms with Crippen LogP contribution >= 0.6 is 27.7 Å². The summed E-state index contributed by atoms with van der Waals surface area (Å²) in [4.78, 5) is 0. The van der Waals surface area contributed by atoms with E-state index in [-0.39, 0.29) is 0 Å². The molecule has 1 nitrogen and oxygen atoms in total. The first-order valence-electron chi connectivity index (χ1n) is 7.29. The normalized spacial score (nSPS) is 12.6. The second-order valence-corrected chi connectivity index (χ2v) is 7.20. The van der Waals surface area contributed by atoms with Crippen LogP contribution in [0.1, 0.15) is 32.3 Å². The van der Waals surface area contributed by atoms with Crippen LogP contribution in [0.25, 0.3) is 0 Å². The van der Waals surface area contributed by atoms with Crippen LogP contribution in [0, 0.1) is 5.92 Å². The Bertz CT molecular complexity index is 316. The molecule has 19 heavy (non-hydrogen) atoms. The Balaban J connectivity index is 2.44. The fraction of sp³-hybridized carbons (Fsp3) is 0.625. The summed E-state index contributed by atoms with van der Waals surface area (Å²) < 4.78 is 1.17. The molecule has 0 radical (unpaired) electrons. The van der Waals surface area contributed by atoms with Crippen molar-refractivity contribution in [3.63, 3.8) is 0 Å². The number of halogens is 1. The minimum absolute atomic E-state index is 0.756. The zero-order chi connectivity index (χ0) is 13.9. The van der Waals surface area contributed by atoms with Gasteiger partial charge < -0.3 is 5.32 Å². The molecule has 1 N–H and O–H groups in total. The van der Waals surface area contributed by atoms with E-state index >= 15 is 0 Å².